The van der Waals surface area contributed by atoms with Gasteiger partial charge in [0.05, 0.1) is 0 Å². The molecule has 2 nitrogen and oxygen atoms in total. The molecule has 1 atom stereocenters. The van der Waals surface area contributed by atoms with Gasteiger partial charge >= 0.3 is 0 Å². The predicted octanol–water partition coefficient (Wildman–Crippen LogP) is 2.90. The largest absolute Gasteiger partial charge is 0.370 e. The van der Waals surface area contributed by atoms with Crippen LogP contribution in [0.1, 0.15) is 27.2 Å². The zero-order chi connectivity index (χ0) is 12.3. The van der Waals surface area contributed by atoms with Gasteiger partial charge in [0.1, 0.15) is 0 Å². The fourth-order valence-corrected chi connectivity index (χ4v) is 2.38. The van der Waals surface area contributed by atoms with Crippen LogP contribution in [-0.4, -0.2) is 25.7 Å². The van der Waals surface area contributed by atoms with Gasteiger partial charge < -0.3 is 10.2 Å². The van der Waals surface area contributed by atoms with Crippen LogP contribution in [0.2, 0.25) is 0 Å². The Morgan fingerprint density at radius 3 is 2.53 bits per heavy atom. The van der Waals surface area contributed by atoms with Crippen LogP contribution in [-0.2, 0) is 0 Å². The summed E-state index contributed by atoms with van der Waals surface area (Å²) in [6, 6.07) is 11.3. The van der Waals surface area contributed by atoms with E-state index in [1.807, 2.05) is 0 Å². The molecule has 2 rings (SSSR count). The normalized spacial score (nSPS) is 22.3. The van der Waals surface area contributed by atoms with Crippen molar-refractivity contribution >= 4 is 5.69 Å². The minimum Gasteiger partial charge on any atom is -0.370 e. The molecular weight excluding hydrogens is 208 g/mol. The highest BCUT2D eigenvalue weighted by Crippen LogP contribution is 2.24. The van der Waals surface area contributed by atoms with Gasteiger partial charge in [-0.25, -0.2) is 0 Å². The summed E-state index contributed by atoms with van der Waals surface area (Å²) >= 11 is 0. The molecule has 0 bridgehead atoms. The second kappa shape index (κ2) is 5.09. The molecular formula is C15H24N2. The van der Waals surface area contributed by atoms with Gasteiger partial charge in [-0.2, -0.15) is 0 Å². The lowest BCUT2D eigenvalue weighted by atomic mass is 9.86. The highest BCUT2D eigenvalue weighted by atomic mass is 15.2. The van der Waals surface area contributed by atoms with Crippen LogP contribution >= 0.6 is 0 Å². The second-order valence-corrected chi connectivity index (χ2v) is 6.01. The maximum atomic E-state index is 3.68. The molecule has 1 unspecified atom stereocenters. The lowest BCUT2D eigenvalue weighted by Gasteiger charge is -2.34. The minimum absolute atomic E-state index is 0.317. The van der Waals surface area contributed by atoms with Crippen LogP contribution in [0.15, 0.2) is 30.3 Å². The maximum absolute atomic E-state index is 3.68. The summed E-state index contributed by atoms with van der Waals surface area (Å²) in [5.41, 5.74) is 1.67. The first-order valence-corrected chi connectivity index (χ1v) is 6.61. The van der Waals surface area contributed by atoms with Crippen molar-refractivity contribution in [1.29, 1.82) is 0 Å². The van der Waals surface area contributed by atoms with Crippen molar-refractivity contribution in [1.82, 2.24) is 5.32 Å². The fourth-order valence-electron chi connectivity index (χ4n) is 2.38. The van der Waals surface area contributed by atoms with Gasteiger partial charge in [-0.15, -0.1) is 0 Å². The number of hydrogen-bond acceptors (Lipinski definition) is 2. The number of benzene rings is 1. The standard InChI is InChI=1S/C15H24N2/c1-15(2,3)14-12-17(11-7-10-16-14)13-8-5-4-6-9-13/h4-6,8-9,14,16H,7,10-12H2,1-3H3. The van der Waals surface area contributed by atoms with Gasteiger partial charge in [0.25, 0.3) is 0 Å². The Bertz CT molecular complexity index is 340. The van der Waals surface area contributed by atoms with Crippen LogP contribution in [0.3, 0.4) is 0 Å². The van der Waals surface area contributed by atoms with Crippen molar-refractivity contribution in [3.63, 3.8) is 0 Å². The van der Waals surface area contributed by atoms with Crippen LogP contribution in [0.5, 0.6) is 0 Å². The Labute approximate surface area is 105 Å². The number of anilines is 1. The number of nitrogens with one attached hydrogen (secondary N) is 1. The topological polar surface area (TPSA) is 15.3 Å². The van der Waals surface area contributed by atoms with Crippen molar-refractivity contribution in [2.24, 2.45) is 5.41 Å². The monoisotopic (exact) mass is 232 g/mol. The zero-order valence-electron chi connectivity index (χ0n) is 11.2. The number of hydrogen-bond donors (Lipinski definition) is 1. The molecule has 0 aliphatic carbocycles. The average molecular weight is 232 g/mol. The fraction of sp³-hybridized carbons (Fsp3) is 0.600. The van der Waals surface area contributed by atoms with E-state index >= 15 is 0 Å². The van der Waals surface area contributed by atoms with Gasteiger partial charge in [-0.05, 0) is 30.5 Å². The smallest absolute Gasteiger partial charge is 0.0366 e. The molecule has 0 aromatic heterocycles. The SMILES string of the molecule is CC(C)(C)C1CN(c2ccccc2)CCCN1. The molecule has 1 aromatic carbocycles. The number of rotatable bonds is 1. The molecule has 1 aliphatic rings. The van der Waals surface area contributed by atoms with Crippen molar-refractivity contribution in [2.45, 2.75) is 33.2 Å². The lowest BCUT2D eigenvalue weighted by molar-refractivity contribution is 0.280. The molecule has 1 saturated heterocycles. The van der Waals surface area contributed by atoms with Gasteiger partial charge in [0.2, 0.25) is 0 Å². The molecule has 1 aromatic rings. The summed E-state index contributed by atoms with van der Waals surface area (Å²) in [4.78, 5) is 2.51. The van der Waals surface area contributed by atoms with E-state index in [1.54, 1.807) is 0 Å². The van der Waals surface area contributed by atoms with Crippen LogP contribution in [0.25, 0.3) is 0 Å². The van der Waals surface area contributed by atoms with Crippen molar-refractivity contribution in [2.75, 3.05) is 24.5 Å². The third-order valence-corrected chi connectivity index (χ3v) is 3.57. The Balaban J connectivity index is 2.13. The number of nitrogens with zero attached hydrogens (tertiary/aromatic N) is 1. The molecule has 1 fully saturated rings. The molecule has 0 amide bonds. The Morgan fingerprint density at radius 1 is 1.18 bits per heavy atom. The lowest BCUT2D eigenvalue weighted by Crippen LogP contribution is -2.46. The van der Waals surface area contributed by atoms with E-state index in [4.69, 9.17) is 0 Å². The first kappa shape index (κ1) is 12.4. The molecule has 0 radical (unpaired) electrons. The number of para-hydroxylation sites is 1. The highest BCUT2D eigenvalue weighted by molar-refractivity contribution is 5.46. The molecule has 1 aliphatic heterocycles. The van der Waals surface area contributed by atoms with E-state index in [9.17, 15) is 0 Å². The molecule has 1 N–H and O–H groups in total. The average Bonchev–Trinajstić information content (AvgIpc) is 2.55. The summed E-state index contributed by atoms with van der Waals surface area (Å²) < 4.78 is 0. The maximum Gasteiger partial charge on any atom is 0.0366 e. The first-order chi connectivity index (χ1) is 8.07. The Hall–Kier alpha value is -1.02. The van der Waals surface area contributed by atoms with Crippen LogP contribution in [0.4, 0.5) is 5.69 Å². The molecule has 0 spiro atoms. The Morgan fingerprint density at radius 2 is 1.88 bits per heavy atom. The summed E-state index contributed by atoms with van der Waals surface area (Å²) in [5, 5.41) is 3.68. The molecule has 0 saturated carbocycles. The molecule has 17 heavy (non-hydrogen) atoms. The third kappa shape index (κ3) is 3.22. The first-order valence-electron chi connectivity index (χ1n) is 6.61. The molecule has 1 heterocycles. The van der Waals surface area contributed by atoms with Gasteiger partial charge in [0, 0.05) is 24.8 Å². The van der Waals surface area contributed by atoms with Crippen LogP contribution < -0.4 is 10.2 Å². The zero-order valence-corrected chi connectivity index (χ0v) is 11.2. The van der Waals surface area contributed by atoms with Crippen molar-refractivity contribution in [3.05, 3.63) is 30.3 Å². The quantitative estimate of drug-likeness (QED) is 0.801. The highest BCUT2D eigenvalue weighted by Gasteiger charge is 2.27. The summed E-state index contributed by atoms with van der Waals surface area (Å²) in [5.74, 6) is 0. The summed E-state index contributed by atoms with van der Waals surface area (Å²) in [7, 11) is 0. The van der Waals surface area contributed by atoms with E-state index in [0.717, 1.165) is 19.6 Å². The third-order valence-electron chi connectivity index (χ3n) is 3.57. The van der Waals surface area contributed by atoms with Crippen molar-refractivity contribution < 1.29 is 0 Å². The van der Waals surface area contributed by atoms with Crippen molar-refractivity contribution in [3.8, 4) is 0 Å². The van der Waals surface area contributed by atoms with E-state index in [-0.39, 0.29) is 0 Å². The van der Waals surface area contributed by atoms with Crippen LogP contribution in [0, 0.1) is 5.41 Å². The summed E-state index contributed by atoms with van der Waals surface area (Å²) in [6.45, 7) is 10.3. The summed E-state index contributed by atoms with van der Waals surface area (Å²) in [6.07, 6.45) is 1.22. The van der Waals surface area contributed by atoms with Gasteiger partial charge in [0.15, 0.2) is 0 Å². The Kier molecular flexibility index (Phi) is 3.72. The van der Waals surface area contributed by atoms with E-state index in [2.05, 4.69) is 61.3 Å². The molecule has 2 heteroatoms. The second-order valence-electron chi connectivity index (χ2n) is 6.01. The van der Waals surface area contributed by atoms with E-state index in [0.29, 0.717) is 11.5 Å². The predicted molar refractivity (Wildman–Crippen MR) is 74.5 cm³/mol. The van der Waals surface area contributed by atoms with E-state index < -0.39 is 0 Å². The molecule has 94 valence electrons. The van der Waals surface area contributed by atoms with Gasteiger partial charge in [-0.3, -0.25) is 0 Å². The van der Waals surface area contributed by atoms with E-state index in [1.165, 1.54) is 12.1 Å². The minimum atomic E-state index is 0.317. The van der Waals surface area contributed by atoms with Gasteiger partial charge in [-0.1, -0.05) is 39.0 Å².